The molecule has 4 heteroatoms. The van der Waals surface area contributed by atoms with Gasteiger partial charge in [0, 0.05) is 25.2 Å². The summed E-state index contributed by atoms with van der Waals surface area (Å²) in [5.74, 6) is 0.693. The highest BCUT2D eigenvalue weighted by molar-refractivity contribution is 7.99. The lowest BCUT2D eigenvalue weighted by Crippen LogP contribution is -2.42. The number of carbonyl (C=O) groups is 1. The zero-order chi connectivity index (χ0) is 11.8. The molecule has 15 heavy (non-hydrogen) atoms. The molecule has 0 spiro atoms. The Balaban J connectivity index is 3.76. The van der Waals surface area contributed by atoms with Crippen LogP contribution in [0.5, 0.6) is 0 Å². The summed E-state index contributed by atoms with van der Waals surface area (Å²) >= 11 is 1.56. The van der Waals surface area contributed by atoms with Crippen LogP contribution >= 0.6 is 11.8 Å². The fourth-order valence-electron chi connectivity index (χ4n) is 1.62. The second kappa shape index (κ2) is 7.99. The van der Waals surface area contributed by atoms with Crippen molar-refractivity contribution >= 4 is 17.7 Å². The molecule has 0 saturated heterocycles. The summed E-state index contributed by atoms with van der Waals surface area (Å²) in [6.45, 7) is 10.4. The van der Waals surface area contributed by atoms with Crippen molar-refractivity contribution in [3.05, 3.63) is 0 Å². The number of hydrogen-bond acceptors (Lipinski definition) is 3. The largest absolute Gasteiger partial charge is 0.354 e. The van der Waals surface area contributed by atoms with Crippen LogP contribution in [0.15, 0.2) is 0 Å². The molecular weight excluding hydrogens is 208 g/mol. The van der Waals surface area contributed by atoms with Crippen molar-refractivity contribution in [1.82, 2.24) is 10.2 Å². The Morgan fingerprint density at radius 1 is 1.27 bits per heavy atom. The van der Waals surface area contributed by atoms with Crippen molar-refractivity contribution in [3.8, 4) is 0 Å². The van der Waals surface area contributed by atoms with E-state index < -0.39 is 0 Å². The molecule has 90 valence electrons. The van der Waals surface area contributed by atoms with E-state index >= 15 is 0 Å². The maximum atomic E-state index is 11.2. The van der Waals surface area contributed by atoms with Crippen molar-refractivity contribution in [3.63, 3.8) is 0 Å². The van der Waals surface area contributed by atoms with Crippen LogP contribution in [0, 0.1) is 0 Å². The van der Waals surface area contributed by atoms with Crippen molar-refractivity contribution in [2.75, 3.05) is 25.1 Å². The Kier molecular flexibility index (Phi) is 7.88. The number of thioether (sulfide) groups is 1. The van der Waals surface area contributed by atoms with Gasteiger partial charge in [-0.15, -0.1) is 0 Å². The summed E-state index contributed by atoms with van der Waals surface area (Å²) in [6, 6.07) is 1.06. The highest BCUT2D eigenvalue weighted by atomic mass is 32.2. The predicted octanol–water partition coefficient (Wildman–Crippen LogP) is 1.58. The average molecular weight is 232 g/mol. The highest BCUT2D eigenvalue weighted by Gasteiger charge is 2.12. The molecular formula is C11H24N2OS. The summed E-state index contributed by atoms with van der Waals surface area (Å²) in [7, 11) is 0. The second-order valence-electron chi connectivity index (χ2n) is 4.21. The molecule has 0 aliphatic rings. The molecule has 0 aromatic carbocycles. The van der Waals surface area contributed by atoms with Gasteiger partial charge in [0.2, 0.25) is 5.91 Å². The first kappa shape index (κ1) is 14.8. The van der Waals surface area contributed by atoms with Crippen LogP contribution in [-0.2, 0) is 4.79 Å². The van der Waals surface area contributed by atoms with Gasteiger partial charge in [-0.2, -0.15) is 11.8 Å². The molecule has 1 N–H and O–H groups in total. The molecule has 0 bridgehead atoms. The lowest BCUT2D eigenvalue weighted by atomic mass is 10.2. The summed E-state index contributed by atoms with van der Waals surface area (Å²) in [5, 5.41) is 2.92. The molecule has 1 amide bonds. The van der Waals surface area contributed by atoms with Crippen molar-refractivity contribution < 1.29 is 4.79 Å². The average Bonchev–Trinajstić information content (AvgIpc) is 2.11. The molecule has 0 rings (SSSR count). The summed E-state index contributed by atoms with van der Waals surface area (Å²) in [5.41, 5.74) is 0. The number of nitrogens with zero attached hydrogens (tertiary/aromatic N) is 1. The molecule has 0 aromatic heterocycles. The van der Waals surface area contributed by atoms with Gasteiger partial charge in [0.05, 0.1) is 5.75 Å². The van der Waals surface area contributed by atoms with E-state index in [9.17, 15) is 4.79 Å². The standard InChI is InChI=1S/C11H24N2OS/c1-9(2)13(10(3)4)7-6-12-11(14)8-15-5/h9-10H,6-8H2,1-5H3,(H,12,14). The van der Waals surface area contributed by atoms with Crippen LogP contribution in [0.2, 0.25) is 0 Å². The topological polar surface area (TPSA) is 32.3 Å². The predicted molar refractivity (Wildman–Crippen MR) is 68.4 cm³/mol. The molecule has 0 unspecified atom stereocenters. The van der Waals surface area contributed by atoms with Gasteiger partial charge in [0.15, 0.2) is 0 Å². The van der Waals surface area contributed by atoms with Crippen LogP contribution < -0.4 is 5.32 Å². The van der Waals surface area contributed by atoms with Gasteiger partial charge in [-0.1, -0.05) is 0 Å². The molecule has 0 radical (unpaired) electrons. The highest BCUT2D eigenvalue weighted by Crippen LogP contribution is 2.03. The Morgan fingerprint density at radius 3 is 2.20 bits per heavy atom. The van der Waals surface area contributed by atoms with E-state index in [0.29, 0.717) is 17.8 Å². The fourth-order valence-corrected chi connectivity index (χ4v) is 1.98. The van der Waals surface area contributed by atoms with E-state index in [0.717, 1.165) is 13.1 Å². The summed E-state index contributed by atoms with van der Waals surface area (Å²) < 4.78 is 0. The zero-order valence-electron chi connectivity index (χ0n) is 10.5. The normalized spacial score (nSPS) is 11.5. The number of nitrogens with one attached hydrogen (secondary N) is 1. The summed E-state index contributed by atoms with van der Waals surface area (Å²) in [4.78, 5) is 13.6. The first-order valence-corrected chi connectivity index (χ1v) is 6.89. The molecule has 0 atom stereocenters. The Bertz CT molecular complexity index is 175. The van der Waals surface area contributed by atoms with Gasteiger partial charge in [-0.05, 0) is 34.0 Å². The lowest BCUT2D eigenvalue weighted by molar-refractivity contribution is -0.118. The van der Waals surface area contributed by atoms with Gasteiger partial charge >= 0.3 is 0 Å². The first-order valence-electron chi connectivity index (χ1n) is 5.50. The number of carbonyl (C=O) groups excluding carboxylic acids is 1. The van der Waals surface area contributed by atoms with Gasteiger partial charge in [-0.3, -0.25) is 9.69 Å². The quantitative estimate of drug-likeness (QED) is 0.723. The minimum Gasteiger partial charge on any atom is -0.354 e. The van der Waals surface area contributed by atoms with Crippen LogP contribution in [0.25, 0.3) is 0 Å². The van der Waals surface area contributed by atoms with Crippen LogP contribution in [-0.4, -0.2) is 48.0 Å². The van der Waals surface area contributed by atoms with E-state index in [4.69, 9.17) is 0 Å². The number of rotatable bonds is 7. The third-order valence-corrected chi connectivity index (χ3v) is 2.85. The van der Waals surface area contributed by atoms with E-state index in [2.05, 4.69) is 37.9 Å². The summed E-state index contributed by atoms with van der Waals surface area (Å²) in [6.07, 6.45) is 1.94. The van der Waals surface area contributed by atoms with Gasteiger partial charge < -0.3 is 5.32 Å². The Labute approximate surface area is 98.0 Å². The third kappa shape index (κ3) is 6.79. The fraction of sp³-hybridized carbons (Fsp3) is 0.909. The Hall–Kier alpha value is -0.220. The SMILES string of the molecule is CSCC(=O)NCCN(C(C)C)C(C)C. The zero-order valence-corrected chi connectivity index (χ0v) is 11.4. The molecule has 0 aliphatic carbocycles. The van der Waals surface area contributed by atoms with E-state index in [-0.39, 0.29) is 5.91 Å². The van der Waals surface area contributed by atoms with Gasteiger partial charge in [0.25, 0.3) is 0 Å². The molecule has 0 fully saturated rings. The van der Waals surface area contributed by atoms with E-state index in [1.807, 2.05) is 6.26 Å². The van der Waals surface area contributed by atoms with Crippen LogP contribution in [0.4, 0.5) is 0 Å². The smallest absolute Gasteiger partial charge is 0.230 e. The van der Waals surface area contributed by atoms with Gasteiger partial charge in [0.1, 0.15) is 0 Å². The van der Waals surface area contributed by atoms with Gasteiger partial charge in [-0.25, -0.2) is 0 Å². The number of amides is 1. The molecule has 0 aliphatic heterocycles. The molecule has 0 saturated carbocycles. The third-order valence-electron chi connectivity index (χ3n) is 2.29. The van der Waals surface area contributed by atoms with Crippen molar-refractivity contribution in [2.24, 2.45) is 0 Å². The maximum absolute atomic E-state index is 11.2. The Morgan fingerprint density at radius 2 is 1.80 bits per heavy atom. The second-order valence-corrected chi connectivity index (χ2v) is 5.07. The minimum atomic E-state index is 0.134. The minimum absolute atomic E-state index is 0.134. The van der Waals surface area contributed by atoms with Crippen molar-refractivity contribution in [2.45, 2.75) is 39.8 Å². The lowest BCUT2D eigenvalue weighted by Gasteiger charge is -2.30. The molecule has 3 nitrogen and oxygen atoms in total. The van der Waals surface area contributed by atoms with Crippen LogP contribution in [0.1, 0.15) is 27.7 Å². The van der Waals surface area contributed by atoms with Crippen molar-refractivity contribution in [1.29, 1.82) is 0 Å². The van der Waals surface area contributed by atoms with E-state index in [1.54, 1.807) is 11.8 Å². The monoisotopic (exact) mass is 232 g/mol. The van der Waals surface area contributed by atoms with E-state index in [1.165, 1.54) is 0 Å². The maximum Gasteiger partial charge on any atom is 0.230 e. The van der Waals surface area contributed by atoms with Crippen LogP contribution in [0.3, 0.4) is 0 Å². The number of hydrogen-bond donors (Lipinski definition) is 1. The molecule has 0 heterocycles. The molecule has 0 aromatic rings. The first-order chi connectivity index (χ1) is 6.99.